The predicted octanol–water partition coefficient (Wildman–Crippen LogP) is 2.71. The Morgan fingerprint density at radius 1 is 1.38 bits per heavy atom. The standard InChI is InChI=1S/C15H20N2O4/c1-21-13-9-11(6-7-12(13)14(18)19)17-15(20)16-8-2-3-10-4-5-10/h6-7,9-10H,2-5,8H2,1H3,(H,18,19)(H2,16,17,20). The summed E-state index contributed by atoms with van der Waals surface area (Å²) in [4.78, 5) is 22.7. The molecule has 1 aliphatic carbocycles. The number of amides is 2. The van der Waals surface area contributed by atoms with Crippen LogP contribution in [0.25, 0.3) is 0 Å². The minimum absolute atomic E-state index is 0.0629. The number of nitrogens with one attached hydrogen (secondary N) is 2. The average Bonchev–Trinajstić information content (AvgIpc) is 3.27. The number of aromatic carboxylic acids is 1. The summed E-state index contributed by atoms with van der Waals surface area (Å²) in [5.74, 6) is 0.0136. The van der Waals surface area contributed by atoms with Gasteiger partial charge in [0.05, 0.1) is 7.11 Å². The summed E-state index contributed by atoms with van der Waals surface area (Å²) in [7, 11) is 1.39. The zero-order chi connectivity index (χ0) is 15.2. The molecular formula is C15H20N2O4. The Balaban J connectivity index is 1.83. The number of rotatable bonds is 7. The molecule has 114 valence electrons. The van der Waals surface area contributed by atoms with Crippen molar-refractivity contribution < 1.29 is 19.4 Å². The average molecular weight is 292 g/mol. The molecule has 1 fully saturated rings. The van der Waals surface area contributed by atoms with Crippen molar-refractivity contribution in [3.63, 3.8) is 0 Å². The minimum Gasteiger partial charge on any atom is -0.496 e. The fourth-order valence-corrected chi connectivity index (χ4v) is 2.12. The first-order chi connectivity index (χ1) is 10.1. The van der Waals surface area contributed by atoms with E-state index in [4.69, 9.17) is 9.84 Å². The van der Waals surface area contributed by atoms with Crippen molar-refractivity contribution in [1.29, 1.82) is 0 Å². The van der Waals surface area contributed by atoms with Crippen molar-refractivity contribution in [3.05, 3.63) is 23.8 Å². The van der Waals surface area contributed by atoms with Gasteiger partial charge in [-0.3, -0.25) is 0 Å². The molecule has 1 aromatic carbocycles. The van der Waals surface area contributed by atoms with Crippen LogP contribution in [0.3, 0.4) is 0 Å². The molecule has 6 nitrogen and oxygen atoms in total. The first-order valence-corrected chi connectivity index (χ1v) is 7.06. The van der Waals surface area contributed by atoms with Gasteiger partial charge < -0.3 is 20.5 Å². The fraction of sp³-hybridized carbons (Fsp3) is 0.467. The topological polar surface area (TPSA) is 87.7 Å². The lowest BCUT2D eigenvalue weighted by Gasteiger charge is -2.10. The third-order valence-electron chi connectivity index (χ3n) is 3.46. The third-order valence-corrected chi connectivity index (χ3v) is 3.46. The summed E-state index contributed by atoms with van der Waals surface area (Å²) < 4.78 is 5.01. The number of anilines is 1. The summed E-state index contributed by atoms with van der Waals surface area (Å²) in [6, 6.07) is 4.14. The van der Waals surface area contributed by atoms with Crippen molar-refractivity contribution in [3.8, 4) is 5.75 Å². The Kier molecular flexibility index (Phi) is 5.03. The van der Waals surface area contributed by atoms with Crippen molar-refractivity contribution in [2.75, 3.05) is 19.0 Å². The molecule has 0 saturated heterocycles. The third kappa shape index (κ3) is 4.66. The van der Waals surface area contributed by atoms with Gasteiger partial charge in [0.2, 0.25) is 0 Å². The van der Waals surface area contributed by atoms with Crippen LogP contribution >= 0.6 is 0 Å². The van der Waals surface area contributed by atoms with Gasteiger partial charge in [0.25, 0.3) is 0 Å². The molecule has 0 atom stereocenters. The molecule has 0 aromatic heterocycles. The van der Waals surface area contributed by atoms with Gasteiger partial charge in [0.15, 0.2) is 0 Å². The summed E-state index contributed by atoms with van der Waals surface area (Å²) >= 11 is 0. The van der Waals surface area contributed by atoms with Crippen LogP contribution in [0.5, 0.6) is 5.75 Å². The normalized spacial score (nSPS) is 13.6. The lowest BCUT2D eigenvalue weighted by Crippen LogP contribution is -2.29. The van der Waals surface area contributed by atoms with Gasteiger partial charge in [0, 0.05) is 18.3 Å². The summed E-state index contributed by atoms with van der Waals surface area (Å²) in [6.07, 6.45) is 4.80. The van der Waals surface area contributed by atoms with E-state index >= 15 is 0 Å². The second kappa shape index (κ2) is 6.97. The number of hydrogen-bond acceptors (Lipinski definition) is 3. The Hall–Kier alpha value is -2.24. The number of ether oxygens (including phenoxy) is 1. The Bertz CT molecular complexity index is 526. The van der Waals surface area contributed by atoms with Crippen LogP contribution < -0.4 is 15.4 Å². The first-order valence-electron chi connectivity index (χ1n) is 7.06. The van der Waals surface area contributed by atoms with Gasteiger partial charge in [-0.2, -0.15) is 0 Å². The van der Waals surface area contributed by atoms with E-state index < -0.39 is 5.97 Å². The zero-order valence-corrected chi connectivity index (χ0v) is 12.0. The molecule has 1 aromatic rings. The fourth-order valence-electron chi connectivity index (χ4n) is 2.12. The first kappa shape index (κ1) is 15.2. The van der Waals surface area contributed by atoms with E-state index in [9.17, 15) is 9.59 Å². The van der Waals surface area contributed by atoms with Crippen LogP contribution in [0.1, 0.15) is 36.0 Å². The number of hydrogen-bond donors (Lipinski definition) is 3. The number of carbonyl (C=O) groups is 2. The number of benzene rings is 1. The maximum absolute atomic E-state index is 11.7. The van der Waals surface area contributed by atoms with E-state index in [1.807, 2.05) is 0 Å². The monoisotopic (exact) mass is 292 g/mol. The molecule has 1 saturated carbocycles. The molecule has 2 rings (SSSR count). The number of carboxylic acid groups (broad SMARTS) is 1. The van der Waals surface area contributed by atoms with E-state index in [1.54, 1.807) is 0 Å². The highest BCUT2D eigenvalue weighted by molar-refractivity contribution is 5.94. The molecule has 0 unspecified atom stereocenters. The van der Waals surface area contributed by atoms with Crippen LogP contribution in [-0.4, -0.2) is 30.8 Å². The molecular weight excluding hydrogens is 272 g/mol. The van der Waals surface area contributed by atoms with Crippen molar-refractivity contribution in [2.45, 2.75) is 25.7 Å². The lowest BCUT2D eigenvalue weighted by atomic mass is 10.2. The Labute approximate surface area is 123 Å². The van der Waals surface area contributed by atoms with Gasteiger partial charge in [-0.15, -0.1) is 0 Å². The summed E-state index contributed by atoms with van der Waals surface area (Å²) in [5, 5.41) is 14.4. The predicted molar refractivity (Wildman–Crippen MR) is 78.9 cm³/mol. The second-order valence-corrected chi connectivity index (χ2v) is 5.19. The summed E-state index contributed by atoms with van der Waals surface area (Å²) in [6.45, 7) is 0.646. The van der Waals surface area contributed by atoms with Crippen molar-refractivity contribution in [1.82, 2.24) is 5.32 Å². The lowest BCUT2D eigenvalue weighted by molar-refractivity contribution is 0.0693. The highest BCUT2D eigenvalue weighted by Crippen LogP contribution is 2.33. The quantitative estimate of drug-likeness (QED) is 0.674. The van der Waals surface area contributed by atoms with Crippen LogP contribution in [0.2, 0.25) is 0 Å². The molecule has 0 aliphatic heterocycles. The largest absolute Gasteiger partial charge is 0.496 e. The van der Waals surface area contributed by atoms with Gasteiger partial charge in [-0.05, 0) is 30.9 Å². The Morgan fingerprint density at radius 2 is 2.14 bits per heavy atom. The molecule has 6 heteroatoms. The smallest absolute Gasteiger partial charge is 0.339 e. The van der Waals surface area contributed by atoms with E-state index in [1.165, 1.54) is 44.6 Å². The van der Waals surface area contributed by atoms with Gasteiger partial charge >= 0.3 is 12.0 Å². The number of urea groups is 1. The van der Waals surface area contributed by atoms with E-state index in [2.05, 4.69) is 10.6 Å². The zero-order valence-electron chi connectivity index (χ0n) is 12.0. The highest BCUT2D eigenvalue weighted by Gasteiger charge is 2.20. The SMILES string of the molecule is COc1cc(NC(=O)NCCCC2CC2)ccc1C(=O)O. The Morgan fingerprint density at radius 3 is 2.76 bits per heavy atom. The minimum atomic E-state index is -1.07. The molecule has 1 aliphatic rings. The number of carbonyl (C=O) groups excluding carboxylic acids is 1. The van der Waals surface area contributed by atoms with E-state index in [-0.39, 0.29) is 17.3 Å². The van der Waals surface area contributed by atoms with Crippen LogP contribution in [0.4, 0.5) is 10.5 Å². The van der Waals surface area contributed by atoms with Crippen LogP contribution in [0, 0.1) is 5.92 Å². The summed E-state index contributed by atoms with van der Waals surface area (Å²) in [5.41, 5.74) is 0.560. The van der Waals surface area contributed by atoms with Crippen LogP contribution in [-0.2, 0) is 0 Å². The second-order valence-electron chi connectivity index (χ2n) is 5.19. The molecule has 21 heavy (non-hydrogen) atoms. The number of carboxylic acids is 1. The maximum atomic E-state index is 11.7. The molecule has 0 bridgehead atoms. The number of methoxy groups -OCH3 is 1. The molecule has 0 heterocycles. The molecule has 3 N–H and O–H groups in total. The van der Waals surface area contributed by atoms with Gasteiger partial charge in [-0.25, -0.2) is 9.59 Å². The van der Waals surface area contributed by atoms with E-state index in [0.29, 0.717) is 12.2 Å². The maximum Gasteiger partial charge on any atom is 0.339 e. The van der Waals surface area contributed by atoms with Crippen LogP contribution in [0.15, 0.2) is 18.2 Å². The molecule has 2 amide bonds. The van der Waals surface area contributed by atoms with Gasteiger partial charge in [-0.1, -0.05) is 12.8 Å². The van der Waals surface area contributed by atoms with Gasteiger partial charge in [0.1, 0.15) is 11.3 Å². The van der Waals surface area contributed by atoms with Crippen molar-refractivity contribution >= 4 is 17.7 Å². The highest BCUT2D eigenvalue weighted by atomic mass is 16.5. The van der Waals surface area contributed by atoms with Crippen molar-refractivity contribution in [2.24, 2.45) is 5.92 Å². The van der Waals surface area contributed by atoms with E-state index in [0.717, 1.165) is 12.3 Å². The molecule has 0 radical (unpaired) electrons. The molecule has 0 spiro atoms.